The molecule has 1 amide bonds. The van der Waals surface area contributed by atoms with Crippen molar-refractivity contribution in [1.29, 1.82) is 0 Å². The zero-order valence-corrected chi connectivity index (χ0v) is 10.8. The van der Waals surface area contributed by atoms with Crippen LogP contribution in [0.1, 0.15) is 11.3 Å². The third-order valence-electron chi connectivity index (χ3n) is 2.30. The van der Waals surface area contributed by atoms with Crippen LogP contribution in [0, 0.1) is 6.92 Å². The van der Waals surface area contributed by atoms with Gasteiger partial charge in [-0.05, 0) is 6.92 Å². The highest BCUT2D eigenvalue weighted by Gasteiger charge is 2.17. The van der Waals surface area contributed by atoms with Crippen molar-refractivity contribution in [3.63, 3.8) is 0 Å². The summed E-state index contributed by atoms with van der Waals surface area (Å²) >= 11 is 3.41. The molecule has 1 saturated heterocycles. The lowest BCUT2D eigenvalue weighted by atomic mass is 10.2. The second kappa shape index (κ2) is 5.65. The first-order valence-electron chi connectivity index (χ1n) is 5.27. The summed E-state index contributed by atoms with van der Waals surface area (Å²) < 4.78 is 0. The smallest absolute Gasteiger partial charge is 0.227 e. The summed E-state index contributed by atoms with van der Waals surface area (Å²) in [5, 5.41) is 6.87. The van der Waals surface area contributed by atoms with Crippen LogP contribution in [-0.4, -0.2) is 35.0 Å². The summed E-state index contributed by atoms with van der Waals surface area (Å²) in [7, 11) is 0. The third-order valence-corrected chi connectivity index (χ3v) is 4.26. The maximum absolute atomic E-state index is 11.7. The number of thioether (sulfide) groups is 1. The lowest BCUT2D eigenvalue weighted by Crippen LogP contribution is -2.39. The summed E-state index contributed by atoms with van der Waals surface area (Å²) in [6, 6.07) is 0.305. The van der Waals surface area contributed by atoms with Gasteiger partial charge in [0.1, 0.15) is 0 Å². The first-order chi connectivity index (χ1) is 7.74. The number of carbonyl (C=O) groups excluding carboxylic acids is 1. The lowest BCUT2D eigenvalue weighted by Gasteiger charge is -2.22. The number of nitrogens with zero attached hydrogens (tertiary/aromatic N) is 1. The van der Waals surface area contributed by atoms with Gasteiger partial charge in [0.15, 0.2) is 5.13 Å². The predicted molar refractivity (Wildman–Crippen MR) is 69.2 cm³/mol. The quantitative estimate of drug-likeness (QED) is 0.861. The van der Waals surface area contributed by atoms with Crippen molar-refractivity contribution in [2.24, 2.45) is 0 Å². The van der Waals surface area contributed by atoms with Gasteiger partial charge < -0.3 is 10.6 Å². The number of aryl methyl sites for hydroxylation is 1. The van der Waals surface area contributed by atoms with Crippen LogP contribution in [0.25, 0.3) is 0 Å². The number of hydrogen-bond donors (Lipinski definition) is 2. The minimum absolute atomic E-state index is 0.0503. The van der Waals surface area contributed by atoms with Crippen LogP contribution in [0.2, 0.25) is 0 Å². The van der Waals surface area contributed by atoms with Gasteiger partial charge in [-0.25, -0.2) is 4.98 Å². The molecular formula is C10H15N3OS2. The van der Waals surface area contributed by atoms with E-state index in [1.165, 1.54) is 11.3 Å². The number of nitrogens with one attached hydrogen (secondary N) is 2. The van der Waals surface area contributed by atoms with Crippen LogP contribution in [0.4, 0.5) is 5.13 Å². The Balaban J connectivity index is 1.79. The molecule has 0 saturated carbocycles. The van der Waals surface area contributed by atoms with Gasteiger partial charge in [-0.1, -0.05) is 0 Å². The topological polar surface area (TPSA) is 54.0 Å². The fourth-order valence-electron chi connectivity index (χ4n) is 1.56. The van der Waals surface area contributed by atoms with Crippen molar-refractivity contribution < 1.29 is 4.79 Å². The fourth-order valence-corrected chi connectivity index (χ4v) is 3.19. The molecule has 1 aliphatic heterocycles. The van der Waals surface area contributed by atoms with E-state index in [-0.39, 0.29) is 5.91 Å². The molecule has 1 unspecified atom stereocenters. The van der Waals surface area contributed by atoms with E-state index < -0.39 is 0 Å². The van der Waals surface area contributed by atoms with E-state index >= 15 is 0 Å². The molecular weight excluding hydrogens is 242 g/mol. The van der Waals surface area contributed by atoms with Crippen molar-refractivity contribution in [3.8, 4) is 0 Å². The number of amides is 1. The van der Waals surface area contributed by atoms with Crippen molar-refractivity contribution in [2.75, 3.05) is 23.4 Å². The molecule has 2 N–H and O–H groups in total. The zero-order chi connectivity index (χ0) is 11.4. The zero-order valence-electron chi connectivity index (χ0n) is 9.16. The third kappa shape index (κ3) is 3.47. The molecule has 0 aromatic carbocycles. The van der Waals surface area contributed by atoms with Crippen molar-refractivity contribution in [1.82, 2.24) is 10.3 Å². The van der Waals surface area contributed by atoms with E-state index in [0.29, 0.717) is 17.6 Å². The molecule has 1 aliphatic rings. The Labute approximate surface area is 103 Å². The van der Waals surface area contributed by atoms with Gasteiger partial charge in [0.05, 0.1) is 0 Å². The molecule has 0 spiro atoms. The maximum Gasteiger partial charge on any atom is 0.227 e. The molecule has 2 rings (SSSR count). The summed E-state index contributed by atoms with van der Waals surface area (Å²) in [5.41, 5.74) is 0. The van der Waals surface area contributed by atoms with Crippen LogP contribution in [0.5, 0.6) is 0 Å². The molecule has 4 nitrogen and oxygen atoms in total. The van der Waals surface area contributed by atoms with Crippen molar-refractivity contribution >= 4 is 34.1 Å². The summed E-state index contributed by atoms with van der Waals surface area (Å²) in [6.45, 7) is 2.98. The number of hydrogen-bond acceptors (Lipinski definition) is 5. The average Bonchev–Trinajstić information content (AvgIpc) is 2.65. The number of rotatable bonds is 3. The van der Waals surface area contributed by atoms with Gasteiger partial charge in [0.2, 0.25) is 5.91 Å². The normalized spacial score (nSPS) is 20.7. The molecule has 1 fully saturated rings. The van der Waals surface area contributed by atoms with E-state index in [2.05, 4.69) is 15.6 Å². The van der Waals surface area contributed by atoms with Crippen LogP contribution >= 0.6 is 23.1 Å². The molecule has 6 heteroatoms. The number of thiazole rings is 1. The lowest BCUT2D eigenvalue weighted by molar-refractivity contribution is -0.116. The van der Waals surface area contributed by atoms with Crippen LogP contribution in [0.3, 0.4) is 0 Å². The Morgan fingerprint density at radius 2 is 2.62 bits per heavy atom. The van der Waals surface area contributed by atoms with Gasteiger partial charge >= 0.3 is 0 Å². The highest BCUT2D eigenvalue weighted by atomic mass is 32.2. The first kappa shape index (κ1) is 11.9. The standard InChI is InChI=1S/C10H15N3OS2/c1-7-5-12-10(16-7)13-9(14)4-8-6-15-3-2-11-8/h5,8,11H,2-4,6H2,1H3,(H,12,13,14). The fraction of sp³-hybridized carbons (Fsp3) is 0.600. The maximum atomic E-state index is 11.7. The molecule has 1 atom stereocenters. The molecule has 1 aromatic rings. The second-order valence-electron chi connectivity index (χ2n) is 3.75. The molecule has 16 heavy (non-hydrogen) atoms. The van der Waals surface area contributed by atoms with Gasteiger partial charge in [0.25, 0.3) is 0 Å². The molecule has 0 bridgehead atoms. The summed E-state index contributed by atoms with van der Waals surface area (Å²) in [6.07, 6.45) is 2.31. The number of carbonyl (C=O) groups is 1. The second-order valence-corrected chi connectivity index (χ2v) is 6.14. The predicted octanol–water partition coefficient (Wildman–Crippen LogP) is 1.49. The number of aromatic nitrogens is 1. The number of anilines is 1. The average molecular weight is 257 g/mol. The van der Waals surface area contributed by atoms with Crippen LogP contribution in [-0.2, 0) is 4.79 Å². The summed E-state index contributed by atoms with van der Waals surface area (Å²) in [4.78, 5) is 16.9. The van der Waals surface area contributed by atoms with Crippen molar-refractivity contribution in [2.45, 2.75) is 19.4 Å². The molecule has 2 heterocycles. The van der Waals surface area contributed by atoms with Gasteiger partial charge in [-0.3, -0.25) is 4.79 Å². The molecule has 88 valence electrons. The SMILES string of the molecule is Cc1cnc(NC(=O)CC2CSCCN2)s1. The Bertz CT molecular complexity index is 361. The van der Waals surface area contributed by atoms with E-state index in [4.69, 9.17) is 0 Å². The van der Waals surface area contributed by atoms with Gasteiger partial charge in [0, 0.05) is 41.6 Å². The summed E-state index contributed by atoms with van der Waals surface area (Å²) in [5.74, 6) is 2.21. The first-order valence-corrected chi connectivity index (χ1v) is 7.24. The largest absolute Gasteiger partial charge is 0.312 e. The molecule has 0 aliphatic carbocycles. The van der Waals surface area contributed by atoms with Crippen molar-refractivity contribution in [3.05, 3.63) is 11.1 Å². The monoisotopic (exact) mass is 257 g/mol. The van der Waals surface area contributed by atoms with Crippen LogP contribution in [0.15, 0.2) is 6.20 Å². The van der Waals surface area contributed by atoms with Gasteiger partial charge in [-0.2, -0.15) is 11.8 Å². The Kier molecular flexibility index (Phi) is 4.20. The van der Waals surface area contributed by atoms with Crippen LogP contribution < -0.4 is 10.6 Å². The molecule has 0 radical (unpaired) electrons. The Hall–Kier alpha value is -0.590. The van der Waals surface area contributed by atoms with E-state index in [1.807, 2.05) is 18.7 Å². The van der Waals surface area contributed by atoms with E-state index in [0.717, 1.165) is 22.9 Å². The molecule has 1 aromatic heterocycles. The minimum Gasteiger partial charge on any atom is -0.312 e. The van der Waals surface area contributed by atoms with Gasteiger partial charge in [-0.15, -0.1) is 11.3 Å². The highest BCUT2D eigenvalue weighted by molar-refractivity contribution is 7.99. The minimum atomic E-state index is 0.0503. The Morgan fingerprint density at radius 3 is 3.25 bits per heavy atom. The highest BCUT2D eigenvalue weighted by Crippen LogP contribution is 2.17. The van der Waals surface area contributed by atoms with E-state index in [1.54, 1.807) is 6.20 Å². The van der Waals surface area contributed by atoms with E-state index in [9.17, 15) is 4.79 Å². The Morgan fingerprint density at radius 1 is 1.75 bits per heavy atom.